The summed E-state index contributed by atoms with van der Waals surface area (Å²) in [6, 6.07) is 2.64. The number of halogens is 2. The van der Waals surface area contributed by atoms with Gasteiger partial charge in [0.2, 0.25) is 0 Å². The van der Waals surface area contributed by atoms with Crippen LogP contribution in [0.15, 0.2) is 0 Å². The van der Waals surface area contributed by atoms with Crippen molar-refractivity contribution in [3.05, 3.63) is 0 Å². The summed E-state index contributed by atoms with van der Waals surface area (Å²) in [6.45, 7) is 7.23. The Bertz CT molecular complexity index is 160. The molecule has 0 aliphatic heterocycles. The van der Waals surface area contributed by atoms with Gasteiger partial charge in [-0.2, -0.15) is 0 Å². The van der Waals surface area contributed by atoms with Crippen LogP contribution in [0.1, 0.15) is 12.8 Å². The van der Waals surface area contributed by atoms with E-state index in [1.807, 2.05) is 0 Å². The molecule has 1 radical (unpaired) electrons. The van der Waals surface area contributed by atoms with E-state index in [-0.39, 0.29) is 8.96 Å². The molecule has 1 nitrogen and oxygen atoms in total. The Kier molecular flexibility index (Phi) is 8.65. The fraction of sp³-hybridized carbons (Fsp3) is 1.00. The van der Waals surface area contributed by atoms with E-state index >= 15 is 0 Å². The molecule has 0 rings (SSSR count). The van der Waals surface area contributed by atoms with Crippen molar-refractivity contribution >= 4 is 40.4 Å². The summed E-state index contributed by atoms with van der Waals surface area (Å²) in [5.74, 6) is 1.60. The van der Waals surface area contributed by atoms with Gasteiger partial charge in [0.1, 0.15) is 17.2 Å². The van der Waals surface area contributed by atoms with Gasteiger partial charge >= 0.3 is 0 Å². The topological polar surface area (TPSA) is 3.24 Å². The quantitative estimate of drug-likeness (QED) is 0.481. The van der Waals surface area contributed by atoms with E-state index in [4.69, 9.17) is 23.2 Å². The van der Waals surface area contributed by atoms with Crippen LogP contribution in [0, 0.1) is 0 Å². The zero-order chi connectivity index (χ0) is 11.9. The molecule has 0 aliphatic rings. The first-order valence-electron chi connectivity index (χ1n) is 5.64. The first-order valence-corrected chi connectivity index (χ1v) is 12.0. The van der Waals surface area contributed by atoms with Crippen LogP contribution >= 0.6 is 23.2 Å². The molecule has 0 aliphatic carbocycles. The fourth-order valence-corrected chi connectivity index (χ4v) is 10.4. The summed E-state index contributed by atoms with van der Waals surface area (Å²) >= 11 is 11.6. The SMILES string of the molecule is CN([Si](C)C)[Si](C)(CCCCl)CCCCl. The summed E-state index contributed by atoms with van der Waals surface area (Å²) < 4.78 is 2.69. The lowest BCUT2D eigenvalue weighted by Gasteiger charge is -2.39. The van der Waals surface area contributed by atoms with Crippen LogP contribution in [0.5, 0.6) is 0 Å². The van der Waals surface area contributed by atoms with E-state index in [1.54, 1.807) is 0 Å². The van der Waals surface area contributed by atoms with Gasteiger partial charge in [-0.3, -0.25) is 0 Å². The van der Waals surface area contributed by atoms with Crippen LogP contribution < -0.4 is 0 Å². The molecule has 0 atom stereocenters. The molecule has 5 heteroatoms. The molecular weight excluding hydrogens is 261 g/mol. The normalized spacial score (nSPS) is 12.8. The van der Waals surface area contributed by atoms with Crippen molar-refractivity contribution in [1.82, 2.24) is 4.23 Å². The van der Waals surface area contributed by atoms with Gasteiger partial charge in [-0.25, -0.2) is 0 Å². The van der Waals surface area contributed by atoms with Gasteiger partial charge in [0.15, 0.2) is 0 Å². The van der Waals surface area contributed by atoms with Crippen LogP contribution in [0.4, 0.5) is 0 Å². The van der Waals surface area contributed by atoms with E-state index in [1.165, 1.54) is 12.1 Å². The highest BCUT2D eigenvalue weighted by Gasteiger charge is 2.32. The molecule has 0 unspecified atom stereocenters. The lowest BCUT2D eigenvalue weighted by molar-refractivity contribution is 0.733. The summed E-state index contributed by atoms with van der Waals surface area (Å²) in [6.07, 6.45) is 2.32. The van der Waals surface area contributed by atoms with E-state index in [2.05, 4.69) is 30.9 Å². The standard InChI is InChI=1S/C10H24Cl2NSi2/c1-13(14(2)3)15(4,9-5-7-11)10-6-8-12/h5-10H2,1-4H3. The molecule has 0 spiro atoms. The Morgan fingerprint density at radius 2 is 1.47 bits per heavy atom. The van der Waals surface area contributed by atoms with Crippen LogP contribution in [0.2, 0.25) is 31.7 Å². The van der Waals surface area contributed by atoms with Crippen molar-refractivity contribution < 1.29 is 0 Å². The molecule has 0 amide bonds. The smallest absolute Gasteiger partial charge is 0.122 e. The molecule has 0 saturated heterocycles. The van der Waals surface area contributed by atoms with Crippen LogP contribution in [-0.2, 0) is 0 Å². The third kappa shape index (κ3) is 5.73. The number of nitrogens with zero attached hydrogens (tertiary/aromatic N) is 1. The Balaban J connectivity index is 4.37. The molecular formula is C10H24Cl2NSi2. The van der Waals surface area contributed by atoms with E-state index in [0.29, 0.717) is 0 Å². The Morgan fingerprint density at radius 1 is 1.07 bits per heavy atom. The van der Waals surface area contributed by atoms with Crippen molar-refractivity contribution in [2.24, 2.45) is 0 Å². The largest absolute Gasteiger partial charge is 0.349 e. The third-order valence-electron chi connectivity index (χ3n) is 3.18. The maximum absolute atomic E-state index is 5.81. The molecule has 0 heterocycles. The zero-order valence-electron chi connectivity index (χ0n) is 10.4. The Labute approximate surface area is 108 Å². The van der Waals surface area contributed by atoms with Crippen LogP contribution in [0.25, 0.3) is 0 Å². The maximum Gasteiger partial charge on any atom is 0.122 e. The van der Waals surface area contributed by atoms with Gasteiger partial charge in [0.25, 0.3) is 0 Å². The minimum atomic E-state index is -1.25. The number of rotatable bonds is 8. The van der Waals surface area contributed by atoms with Gasteiger partial charge in [0.05, 0.1) is 0 Å². The highest BCUT2D eigenvalue weighted by atomic mass is 35.5. The Hall–Kier alpha value is 0.974. The minimum absolute atomic E-state index is 0.320. The van der Waals surface area contributed by atoms with E-state index in [0.717, 1.165) is 24.6 Å². The number of hydrogen-bond donors (Lipinski definition) is 0. The molecule has 0 aromatic rings. The Morgan fingerprint density at radius 3 is 1.73 bits per heavy atom. The molecule has 0 saturated carbocycles. The lowest BCUT2D eigenvalue weighted by atomic mass is 10.6. The predicted molar refractivity (Wildman–Crippen MR) is 77.2 cm³/mol. The average molecular weight is 285 g/mol. The first kappa shape index (κ1) is 16.0. The van der Waals surface area contributed by atoms with Crippen molar-refractivity contribution in [1.29, 1.82) is 0 Å². The van der Waals surface area contributed by atoms with Gasteiger partial charge in [-0.05, 0) is 32.0 Å². The zero-order valence-corrected chi connectivity index (χ0v) is 14.0. The third-order valence-corrected chi connectivity index (χ3v) is 12.5. The molecule has 0 fully saturated rings. The second kappa shape index (κ2) is 8.12. The van der Waals surface area contributed by atoms with Crippen molar-refractivity contribution in [3.8, 4) is 0 Å². The first-order chi connectivity index (χ1) is 6.98. The van der Waals surface area contributed by atoms with Crippen LogP contribution in [-0.4, -0.2) is 40.2 Å². The highest BCUT2D eigenvalue weighted by Crippen LogP contribution is 2.24. The fourth-order valence-electron chi connectivity index (χ4n) is 1.90. The maximum atomic E-state index is 5.81. The molecule has 0 bridgehead atoms. The second-order valence-corrected chi connectivity index (χ2v) is 13.0. The molecule has 0 N–H and O–H groups in total. The van der Waals surface area contributed by atoms with E-state index in [9.17, 15) is 0 Å². The summed E-state index contributed by atoms with van der Waals surface area (Å²) in [5.41, 5.74) is 0. The van der Waals surface area contributed by atoms with Gasteiger partial charge < -0.3 is 4.23 Å². The number of alkyl halides is 2. The summed E-state index contributed by atoms with van der Waals surface area (Å²) in [5, 5.41) is 0. The van der Waals surface area contributed by atoms with Gasteiger partial charge in [-0.15, -0.1) is 23.2 Å². The van der Waals surface area contributed by atoms with E-state index < -0.39 is 8.24 Å². The van der Waals surface area contributed by atoms with Crippen molar-refractivity contribution in [2.75, 3.05) is 18.8 Å². The molecule has 91 valence electrons. The lowest BCUT2D eigenvalue weighted by Crippen LogP contribution is -2.53. The predicted octanol–water partition coefficient (Wildman–Crippen LogP) is 4.00. The summed E-state index contributed by atoms with van der Waals surface area (Å²) in [4.78, 5) is 0. The van der Waals surface area contributed by atoms with Crippen LogP contribution in [0.3, 0.4) is 0 Å². The van der Waals surface area contributed by atoms with Crippen molar-refractivity contribution in [3.63, 3.8) is 0 Å². The van der Waals surface area contributed by atoms with Gasteiger partial charge in [0, 0.05) is 11.8 Å². The molecule has 15 heavy (non-hydrogen) atoms. The highest BCUT2D eigenvalue weighted by molar-refractivity contribution is 6.84. The molecule has 0 aromatic carbocycles. The van der Waals surface area contributed by atoms with Gasteiger partial charge in [-0.1, -0.05) is 19.6 Å². The minimum Gasteiger partial charge on any atom is -0.349 e. The second-order valence-electron chi connectivity index (χ2n) is 4.59. The number of hydrogen-bond acceptors (Lipinski definition) is 1. The summed E-state index contributed by atoms with van der Waals surface area (Å²) in [7, 11) is 0.740. The van der Waals surface area contributed by atoms with Crippen molar-refractivity contribution in [2.45, 2.75) is 44.6 Å². The molecule has 0 aromatic heterocycles. The average Bonchev–Trinajstić information content (AvgIpc) is 2.22. The monoisotopic (exact) mass is 284 g/mol.